The number of sulfonamides is 1. The lowest BCUT2D eigenvalue weighted by Gasteiger charge is -2.13. The first-order valence-corrected chi connectivity index (χ1v) is 11.7. The maximum Gasteiger partial charge on any atom is 0.296 e. The first-order chi connectivity index (χ1) is 15.8. The molecule has 0 atom stereocenters. The van der Waals surface area contributed by atoms with Crippen molar-refractivity contribution in [3.05, 3.63) is 95.0 Å². The molecule has 4 aromatic rings. The molecule has 0 bridgehead atoms. The van der Waals surface area contributed by atoms with E-state index in [0.29, 0.717) is 10.8 Å². The Morgan fingerprint density at radius 1 is 0.939 bits per heavy atom. The van der Waals surface area contributed by atoms with Gasteiger partial charge in [0, 0.05) is 10.8 Å². The van der Waals surface area contributed by atoms with Gasteiger partial charge in [0.05, 0.1) is 21.2 Å². The van der Waals surface area contributed by atoms with Crippen LogP contribution >= 0.6 is 11.6 Å². The molecule has 0 aliphatic carbocycles. The highest BCUT2D eigenvalue weighted by Gasteiger charge is 2.19. The highest BCUT2D eigenvalue weighted by atomic mass is 35.5. The number of nitrogens with zero attached hydrogens (tertiary/aromatic N) is 2. The van der Waals surface area contributed by atoms with Crippen molar-refractivity contribution >= 4 is 49.7 Å². The molecule has 9 heteroatoms. The lowest BCUT2D eigenvalue weighted by Crippen LogP contribution is -2.13. The second-order valence-corrected chi connectivity index (χ2v) is 9.33. The average molecular weight is 480 g/mol. The van der Waals surface area contributed by atoms with Crippen LogP contribution in [0.25, 0.3) is 10.8 Å². The number of amides is 1. The summed E-state index contributed by atoms with van der Waals surface area (Å²) in [5, 5.41) is 19.3. The number of aromatic hydroxyl groups is 1. The average Bonchev–Trinajstić information content (AvgIpc) is 2.80. The topological polar surface area (TPSA) is 108 Å². The third-order valence-electron chi connectivity index (χ3n) is 4.92. The van der Waals surface area contributed by atoms with Gasteiger partial charge in [0.15, 0.2) is 5.75 Å². The van der Waals surface area contributed by atoms with Gasteiger partial charge in [-0.05, 0) is 37.3 Å². The number of hydrogen-bond acceptors (Lipinski definition) is 5. The van der Waals surface area contributed by atoms with Crippen molar-refractivity contribution in [2.75, 3.05) is 4.72 Å². The van der Waals surface area contributed by atoms with Crippen LogP contribution in [-0.2, 0) is 10.0 Å². The molecule has 0 aromatic heterocycles. The first-order valence-electron chi connectivity index (χ1n) is 9.81. The predicted molar refractivity (Wildman–Crippen MR) is 128 cm³/mol. The van der Waals surface area contributed by atoms with E-state index < -0.39 is 15.9 Å². The summed E-state index contributed by atoms with van der Waals surface area (Å²) in [4.78, 5) is 12.5. The predicted octanol–water partition coefficient (Wildman–Crippen LogP) is 6.23. The molecule has 0 saturated carbocycles. The van der Waals surface area contributed by atoms with Gasteiger partial charge in [-0.3, -0.25) is 9.52 Å². The summed E-state index contributed by atoms with van der Waals surface area (Å²) >= 11 is 6.03. The van der Waals surface area contributed by atoms with Crippen molar-refractivity contribution in [2.45, 2.75) is 11.8 Å². The van der Waals surface area contributed by atoms with E-state index in [2.05, 4.69) is 15.0 Å². The van der Waals surface area contributed by atoms with Gasteiger partial charge in [0.2, 0.25) is 0 Å². The third-order valence-corrected chi connectivity index (χ3v) is 6.64. The SMILES string of the molecule is Cc1ccc(S(=O)(=O)Nc2cc(N=NC(=O)c3ccccc3Cl)c(O)c3ccccc23)cc1. The minimum atomic E-state index is -3.92. The van der Waals surface area contributed by atoms with E-state index in [9.17, 15) is 18.3 Å². The van der Waals surface area contributed by atoms with Crippen molar-refractivity contribution in [3.63, 3.8) is 0 Å². The summed E-state index contributed by atoms with van der Waals surface area (Å²) in [6.45, 7) is 1.86. The quantitative estimate of drug-likeness (QED) is 0.261. The van der Waals surface area contributed by atoms with Crippen LogP contribution in [0.2, 0.25) is 5.02 Å². The molecule has 0 heterocycles. The van der Waals surface area contributed by atoms with Crippen LogP contribution < -0.4 is 4.72 Å². The Morgan fingerprint density at radius 3 is 2.27 bits per heavy atom. The molecule has 4 rings (SSSR count). The zero-order valence-electron chi connectivity index (χ0n) is 17.4. The van der Waals surface area contributed by atoms with Crippen LogP contribution in [0, 0.1) is 6.92 Å². The van der Waals surface area contributed by atoms with E-state index in [1.165, 1.54) is 24.3 Å². The molecule has 0 aliphatic rings. The Kier molecular flexibility index (Phi) is 6.13. The number of carbonyl (C=O) groups excluding carboxylic acids is 1. The Hall–Kier alpha value is -3.75. The second kappa shape index (κ2) is 9.01. The summed E-state index contributed by atoms with van der Waals surface area (Å²) in [6.07, 6.45) is 0. The van der Waals surface area contributed by atoms with E-state index in [-0.39, 0.29) is 32.6 Å². The van der Waals surface area contributed by atoms with Gasteiger partial charge in [0.25, 0.3) is 15.9 Å². The number of benzene rings is 4. The lowest BCUT2D eigenvalue weighted by atomic mass is 10.1. The normalized spacial score (nSPS) is 11.7. The Balaban J connectivity index is 1.76. The zero-order valence-corrected chi connectivity index (χ0v) is 18.9. The lowest BCUT2D eigenvalue weighted by molar-refractivity contribution is 0.0995. The van der Waals surface area contributed by atoms with Gasteiger partial charge in [-0.2, -0.15) is 0 Å². The van der Waals surface area contributed by atoms with Crippen molar-refractivity contribution in [3.8, 4) is 5.75 Å². The van der Waals surface area contributed by atoms with Gasteiger partial charge in [0.1, 0.15) is 5.69 Å². The molecule has 1 amide bonds. The summed E-state index contributed by atoms with van der Waals surface area (Å²) < 4.78 is 28.4. The summed E-state index contributed by atoms with van der Waals surface area (Å²) in [5.41, 5.74) is 1.19. The largest absolute Gasteiger partial charge is 0.505 e. The van der Waals surface area contributed by atoms with Gasteiger partial charge < -0.3 is 5.11 Å². The van der Waals surface area contributed by atoms with Crippen molar-refractivity contribution in [1.29, 1.82) is 0 Å². The number of phenols is 1. The van der Waals surface area contributed by atoms with Crippen LogP contribution in [0.1, 0.15) is 15.9 Å². The van der Waals surface area contributed by atoms with Crippen LogP contribution in [0.5, 0.6) is 5.75 Å². The van der Waals surface area contributed by atoms with Gasteiger partial charge >= 0.3 is 0 Å². The van der Waals surface area contributed by atoms with Crippen LogP contribution in [0.15, 0.2) is 94.0 Å². The fraction of sp³-hybridized carbons (Fsp3) is 0.0417. The zero-order chi connectivity index (χ0) is 23.6. The number of halogens is 1. The van der Waals surface area contributed by atoms with Crippen molar-refractivity contribution in [2.24, 2.45) is 10.2 Å². The molecule has 0 radical (unpaired) electrons. The van der Waals surface area contributed by atoms with Gasteiger partial charge in [-0.1, -0.05) is 65.7 Å². The number of carbonyl (C=O) groups is 1. The maximum absolute atomic E-state index is 12.9. The second-order valence-electron chi connectivity index (χ2n) is 7.24. The molecule has 7 nitrogen and oxygen atoms in total. The number of aryl methyl sites for hydroxylation is 1. The highest BCUT2D eigenvalue weighted by Crippen LogP contribution is 2.40. The standard InChI is InChI=1S/C24H18ClN3O4S/c1-15-10-12-16(13-11-15)33(31,32)28-21-14-22(23(29)18-7-3-2-6-17(18)21)26-27-24(30)19-8-4-5-9-20(19)25/h2-14,28-29H,1H3. The fourth-order valence-corrected chi connectivity index (χ4v) is 4.50. The van der Waals surface area contributed by atoms with Crippen LogP contribution in [0.4, 0.5) is 11.4 Å². The van der Waals surface area contributed by atoms with Crippen molar-refractivity contribution in [1.82, 2.24) is 0 Å². The number of phenolic OH excluding ortho intramolecular Hbond substituents is 1. The Labute approximate surface area is 195 Å². The molecule has 0 spiro atoms. The fourth-order valence-electron chi connectivity index (χ4n) is 3.21. The molecule has 0 saturated heterocycles. The number of hydrogen-bond donors (Lipinski definition) is 2. The Morgan fingerprint density at radius 2 is 1.58 bits per heavy atom. The summed E-state index contributed by atoms with van der Waals surface area (Å²) in [7, 11) is -3.92. The molecular weight excluding hydrogens is 462 g/mol. The summed E-state index contributed by atoms with van der Waals surface area (Å²) in [6, 6.07) is 20.8. The van der Waals surface area contributed by atoms with Crippen LogP contribution in [-0.4, -0.2) is 19.4 Å². The summed E-state index contributed by atoms with van der Waals surface area (Å²) in [5.74, 6) is -0.936. The number of nitrogens with one attached hydrogen (secondary N) is 1. The Bertz CT molecular complexity index is 1500. The van der Waals surface area contributed by atoms with E-state index in [4.69, 9.17) is 11.6 Å². The van der Waals surface area contributed by atoms with E-state index >= 15 is 0 Å². The first kappa shape index (κ1) is 22.4. The number of rotatable bonds is 5. The third kappa shape index (κ3) is 4.72. The molecule has 0 fully saturated rings. The van der Waals surface area contributed by atoms with Gasteiger partial charge in [-0.15, -0.1) is 10.2 Å². The maximum atomic E-state index is 12.9. The van der Waals surface area contributed by atoms with E-state index in [1.54, 1.807) is 54.6 Å². The number of anilines is 1. The molecule has 0 aliphatic heterocycles. The molecule has 0 unspecified atom stereocenters. The van der Waals surface area contributed by atoms with Crippen molar-refractivity contribution < 1.29 is 18.3 Å². The minimum absolute atomic E-state index is 0.0734. The molecule has 166 valence electrons. The highest BCUT2D eigenvalue weighted by molar-refractivity contribution is 7.92. The smallest absolute Gasteiger partial charge is 0.296 e. The molecule has 2 N–H and O–H groups in total. The monoisotopic (exact) mass is 479 g/mol. The minimum Gasteiger partial charge on any atom is -0.505 e. The van der Waals surface area contributed by atoms with E-state index in [1.807, 2.05) is 6.92 Å². The molecular formula is C24H18ClN3O4S. The molecule has 4 aromatic carbocycles. The van der Waals surface area contributed by atoms with Crippen LogP contribution in [0.3, 0.4) is 0 Å². The number of fused-ring (bicyclic) bond motifs is 1. The van der Waals surface area contributed by atoms with E-state index in [0.717, 1.165) is 5.56 Å². The van der Waals surface area contributed by atoms with Gasteiger partial charge in [-0.25, -0.2) is 8.42 Å². The molecule has 33 heavy (non-hydrogen) atoms. The number of azo groups is 1.